The number of aryl methyl sites for hydroxylation is 1. The van der Waals surface area contributed by atoms with Gasteiger partial charge in [0.25, 0.3) is 5.91 Å². The standard InChI is InChI=1S/C21H27N3O3/c1-14-6-7-18-16(10-14)11-19(27-18)21(26)24-9-3-4-15(13-24)12-23-20(25)17-5-2-8-22-17/h6-7,10-11,15,17,22H,2-5,8-9,12-13H2,1H3,(H,23,25). The minimum absolute atomic E-state index is 0.0506. The van der Waals surface area contributed by atoms with Gasteiger partial charge in [-0.05, 0) is 63.3 Å². The maximum absolute atomic E-state index is 12.9. The van der Waals surface area contributed by atoms with Crippen LogP contribution < -0.4 is 10.6 Å². The molecule has 2 aromatic rings. The van der Waals surface area contributed by atoms with Gasteiger partial charge >= 0.3 is 0 Å². The molecule has 4 rings (SSSR count). The number of likely N-dealkylation sites (tertiary alicyclic amines) is 1. The first-order valence-corrected chi connectivity index (χ1v) is 9.91. The van der Waals surface area contributed by atoms with E-state index in [4.69, 9.17) is 4.42 Å². The Balaban J connectivity index is 1.36. The number of nitrogens with one attached hydrogen (secondary N) is 2. The van der Waals surface area contributed by atoms with Crippen molar-refractivity contribution in [2.45, 2.75) is 38.6 Å². The molecule has 0 spiro atoms. The van der Waals surface area contributed by atoms with Crippen molar-refractivity contribution in [3.63, 3.8) is 0 Å². The van der Waals surface area contributed by atoms with E-state index in [1.165, 1.54) is 0 Å². The maximum Gasteiger partial charge on any atom is 0.289 e. The largest absolute Gasteiger partial charge is 0.451 e. The molecule has 0 aliphatic carbocycles. The minimum Gasteiger partial charge on any atom is -0.451 e. The van der Waals surface area contributed by atoms with Crippen LogP contribution in [0.3, 0.4) is 0 Å². The Kier molecular flexibility index (Phi) is 5.16. The normalized spacial score (nSPS) is 22.9. The fourth-order valence-corrected chi connectivity index (χ4v) is 4.12. The van der Waals surface area contributed by atoms with Gasteiger partial charge in [-0.15, -0.1) is 0 Å². The average Bonchev–Trinajstić information content (AvgIpc) is 3.35. The molecule has 27 heavy (non-hydrogen) atoms. The van der Waals surface area contributed by atoms with Gasteiger partial charge < -0.3 is 20.0 Å². The third-order valence-electron chi connectivity index (χ3n) is 5.63. The van der Waals surface area contributed by atoms with Gasteiger partial charge in [0.2, 0.25) is 5.91 Å². The zero-order valence-corrected chi connectivity index (χ0v) is 15.8. The van der Waals surface area contributed by atoms with E-state index in [2.05, 4.69) is 10.6 Å². The zero-order valence-electron chi connectivity index (χ0n) is 15.8. The molecule has 2 N–H and O–H groups in total. The number of nitrogens with zero attached hydrogens (tertiary/aromatic N) is 1. The van der Waals surface area contributed by atoms with Crippen LogP contribution in [0.4, 0.5) is 0 Å². The second kappa shape index (κ2) is 7.72. The second-order valence-corrected chi connectivity index (χ2v) is 7.81. The van der Waals surface area contributed by atoms with Crippen molar-refractivity contribution in [3.05, 3.63) is 35.6 Å². The third kappa shape index (κ3) is 4.00. The molecule has 2 amide bonds. The van der Waals surface area contributed by atoms with Gasteiger partial charge in [0.15, 0.2) is 5.76 Å². The van der Waals surface area contributed by atoms with Crippen LogP contribution in [0.1, 0.15) is 41.8 Å². The Morgan fingerprint density at radius 3 is 2.96 bits per heavy atom. The second-order valence-electron chi connectivity index (χ2n) is 7.81. The van der Waals surface area contributed by atoms with E-state index in [1.54, 1.807) is 0 Å². The van der Waals surface area contributed by atoms with Gasteiger partial charge in [0.1, 0.15) is 5.58 Å². The molecule has 2 unspecified atom stereocenters. The van der Waals surface area contributed by atoms with Crippen LogP contribution in [0, 0.1) is 12.8 Å². The van der Waals surface area contributed by atoms with Gasteiger partial charge in [0, 0.05) is 25.0 Å². The van der Waals surface area contributed by atoms with Gasteiger partial charge in [-0.25, -0.2) is 0 Å². The molecule has 1 aromatic carbocycles. The Morgan fingerprint density at radius 2 is 2.15 bits per heavy atom. The van der Waals surface area contributed by atoms with Gasteiger partial charge in [-0.3, -0.25) is 9.59 Å². The summed E-state index contributed by atoms with van der Waals surface area (Å²) >= 11 is 0. The average molecular weight is 369 g/mol. The summed E-state index contributed by atoms with van der Waals surface area (Å²) < 4.78 is 5.77. The number of hydrogen-bond acceptors (Lipinski definition) is 4. The first-order chi connectivity index (χ1) is 13.1. The molecule has 0 bridgehead atoms. The van der Waals surface area contributed by atoms with Crippen LogP contribution in [0.25, 0.3) is 11.0 Å². The number of rotatable bonds is 4. The Morgan fingerprint density at radius 1 is 1.26 bits per heavy atom. The topological polar surface area (TPSA) is 74.6 Å². The third-order valence-corrected chi connectivity index (χ3v) is 5.63. The minimum atomic E-state index is -0.0580. The van der Waals surface area contributed by atoms with Crippen molar-refractivity contribution in [3.8, 4) is 0 Å². The summed E-state index contributed by atoms with van der Waals surface area (Å²) in [5, 5.41) is 7.24. The first-order valence-electron chi connectivity index (χ1n) is 9.91. The molecule has 2 aliphatic rings. The molecule has 0 saturated carbocycles. The summed E-state index contributed by atoms with van der Waals surface area (Å²) in [4.78, 5) is 26.9. The SMILES string of the molecule is Cc1ccc2oc(C(=O)N3CCCC(CNC(=O)C4CCCN4)C3)cc2c1. The fourth-order valence-electron chi connectivity index (χ4n) is 4.12. The predicted octanol–water partition coefficient (Wildman–Crippen LogP) is 2.46. The quantitative estimate of drug-likeness (QED) is 0.868. The van der Waals surface area contributed by atoms with Crippen molar-refractivity contribution in [2.24, 2.45) is 5.92 Å². The maximum atomic E-state index is 12.9. The predicted molar refractivity (Wildman–Crippen MR) is 104 cm³/mol. The van der Waals surface area contributed by atoms with Crippen LogP contribution in [-0.2, 0) is 4.79 Å². The number of benzene rings is 1. The number of fused-ring (bicyclic) bond motifs is 1. The lowest BCUT2D eigenvalue weighted by atomic mass is 9.97. The van der Waals surface area contributed by atoms with Crippen LogP contribution in [0.15, 0.2) is 28.7 Å². The lowest BCUT2D eigenvalue weighted by molar-refractivity contribution is -0.123. The smallest absolute Gasteiger partial charge is 0.289 e. The Hall–Kier alpha value is -2.34. The molecule has 144 valence electrons. The summed E-state index contributed by atoms with van der Waals surface area (Å²) in [6, 6.07) is 7.71. The monoisotopic (exact) mass is 369 g/mol. The Labute approximate surface area is 159 Å². The molecule has 2 aliphatic heterocycles. The first kappa shape index (κ1) is 18.0. The molecule has 2 saturated heterocycles. The van der Waals surface area contributed by atoms with Crippen LogP contribution in [-0.4, -0.2) is 48.9 Å². The number of piperidine rings is 1. The van der Waals surface area contributed by atoms with Crippen LogP contribution >= 0.6 is 0 Å². The molecular formula is C21H27N3O3. The van der Waals surface area contributed by atoms with Crippen molar-refractivity contribution >= 4 is 22.8 Å². The molecule has 3 heterocycles. The summed E-state index contributed by atoms with van der Waals surface area (Å²) in [6.45, 7) is 4.97. The van der Waals surface area contributed by atoms with E-state index in [1.807, 2.05) is 36.1 Å². The molecule has 0 radical (unpaired) electrons. The summed E-state index contributed by atoms with van der Waals surface area (Å²) in [5.41, 5.74) is 1.89. The molecule has 6 nitrogen and oxygen atoms in total. The van der Waals surface area contributed by atoms with Crippen molar-refractivity contribution < 1.29 is 14.0 Å². The van der Waals surface area contributed by atoms with E-state index in [0.29, 0.717) is 24.8 Å². The molecule has 2 fully saturated rings. The van der Waals surface area contributed by atoms with Gasteiger partial charge in [-0.1, -0.05) is 11.6 Å². The van der Waals surface area contributed by atoms with Crippen LogP contribution in [0.5, 0.6) is 0 Å². The zero-order chi connectivity index (χ0) is 18.8. The van der Waals surface area contributed by atoms with Crippen molar-refractivity contribution in [1.82, 2.24) is 15.5 Å². The molecule has 2 atom stereocenters. The highest BCUT2D eigenvalue weighted by Crippen LogP contribution is 2.24. The highest BCUT2D eigenvalue weighted by Gasteiger charge is 2.28. The Bertz CT molecular complexity index is 838. The van der Waals surface area contributed by atoms with E-state index < -0.39 is 0 Å². The highest BCUT2D eigenvalue weighted by atomic mass is 16.3. The van der Waals surface area contributed by atoms with E-state index >= 15 is 0 Å². The lowest BCUT2D eigenvalue weighted by Crippen LogP contribution is -2.46. The molecule has 6 heteroatoms. The number of furan rings is 1. The molecular weight excluding hydrogens is 342 g/mol. The summed E-state index contributed by atoms with van der Waals surface area (Å²) in [6.07, 6.45) is 3.95. The number of carbonyl (C=O) groups excluding carboxylic acids is 2. The lowest BCUT2D eigenvalue weighted by Gasteiger charge is -2.32. The summed E-state index contributed by atoms with van der Waals surface area (Å²) in [5.74, 6) is 0.719. The van der Waals surface area contributed by atoms with E-state index in [0.717, 1.165) is 55.3 Å². The summed E-state index contributed by atoms with van der Waals surface area (Å²) in [7, 11) is 0. The highest BCUT2D eigenvalue weighted by molar-refractivity contribution is 5.96. The van der Waals surface area contributed by atoms with Crippen LogP contribution in [0.2, 0.25) is 0 Å². The van der Waals surface area contributed by atoms with E-state index in [-0.39, 0.29) is 17.9 Å². The van der Waals surface area contributed by atoms with E-state index in [9.17, 15) is 9.59 Å². The van der Waals surface area contributed by atoms with Crippen molar-refractivity contribution in [2.75, 3.05) is 26.2 Å². The molecule has 1 aromatic heterocycles. The fraction of sp³-hybridized carbons (Fsp3) is 0.524. The van der Waals surface area contributed by atoms with Gasteiger partial charge in [-0.2, -0.15) is 0 Å². The van der Waals surface area contributed by atoms with Crippen molar-refractivity contribution in [1.29, 1.82) is 0 Å². The number of amides is 2. The number of hydrogen-bond donors (Lipinski definition) is 2. The van der Waals surface area contributed by atoms with Gasteiger partial charge in [0.05, 0.1) is 6.04 Å². The number of carbonyl (C=O) groups is 2.